The third-order valence-electron chi connectivity index (χ3n) is 1.97. The van der Waals surface area contributed by atoms with E-state index in [9.17, 15) is 0 Å². The van der Waals surface area contributed by atoms with E-state index in [1.165, 1.54) is 0 Å². The number of rotatable bonds is 1. The quantitative estimate of drug-likeness (QED) is 0.733. The van der Waals surface area contributed by atoms with Gasteiger partial charge in [-0.05, 0) is 35.0 Å². The minimum Gasteiger partial charge on any atom is -0.497 e. The van der Waals surface area contributed by atoms with Crippen molar-refractivity contribution in [2.24, 2.45) is 0 Å². The van der Waals surface area contributed by atoms with Gasteiger partial charge in [-0.15, -0.1) is 0 Å². The number of aryl methyl sites for hydroxylation is 1. The van der Waals surface area contributed by atoms with Gasteiger partial charge in [-0.1, -0.05) is 0 Å². The zero-order valence-corrected chi connectivity index (χ0v) is 9.50. The molecule has 0 N–H and O–H groups in total. The second-order valence-electron chi connectivity index (χ2n) is 2.94. The second-order valence-corrected chi connectivity index (χ2v) is 3.70. The van der Waals surface area contributed by atoms with E-state index in [1.807, 2.05) is 25.1 Å². The third kappa shape index (κ3) is 1.57. The van der Waals surface area contributed by atoms with Crippen molar-refractivity contribution in [2.75, 3.05) is 7.11 Å². The Kier molecular flexibility index (Phi) is 2.37. The summed E-state index contributed by atoms with van der Waals surface area (Å²) in [6, 6.07) is 5.73. The SMILES string of the molecule is COc1ccc2c(Br)nc(C)nc2c1. The highest BCUT2D eigenvalue weighted by molar-refractivity contribution is 9.10. The van der Waals surface area contributed by atoms with Crippen molar-refractivity contribution in [2.45, 2.75) is 6.92 Å². The first-order valence-corrected chi connectivity index (χ1v) is 4.98. The fourth-order valence-electron chi connectivity index (χ4n) is 1.31. The van der Waals surface area contributed by atoms with E-state index >= 15 is 0 Å². The number of aromatic nitrogens is 2. The van der Waals surface area contributed by atoms with Crippen LogP contribution in [0.15, 0.2) is 22.8 Å². The van der Waals surface area contributed by atoms with Crippen LogP contribution in [0.1, 0.15) is 5.82 Å². The van der Waals surface area contributed by atoms with Crippen LogP contribution in [0.5, 0.6) is 5.75 Å². The molecule has 72 valence electrons. The van der Waals surface area contributed by atoms with Crippen LogP contribution in [0, 0.1) is 6.92 Å². The van der Waals surface area contributed by atoms with Crippen molar-refractivity contribution >= 4 is 26.8 Å². The molecule has 0 bridgehead atoms. The lowest BCUT2D eigenvalue weighted by Gasteiger charge is -2.03. The Hall–Kier alpha value is -1.16. The Balaban J connectivity index is 2.75. The molecule has 0 amide bonds. The highest BCUT2D eigenvalue weighted by Gasteiger charge is 2.03. The van der Waals surface area contributed by atoms with Crippen molar-refractivity contribution in [3.05, 3.63) is 28.6 Å². The Labute approximate surface area is 90.3 Å². The van der Waals surface area contributed by atoms with Crippen molar-refractivity contribution in [3.8, 4) is 5.75 Å². The van der Waals surface area contributed by atoms with Gasteiger partial charge in [-0.25, -0.2) is 9.97 Å². The predicted octanol–water partition coefficient (Wildman–Crippen LogP) is 2.71. The van der Waals surface area contributed by atoms with Crippen molar-refractivity contribution < 1.29 is 4.74 Å². The predicted molar refractivity (Wildman–Crippen MR) is 58.5 cm³/mol. The van der Waals surface area contributed by atoms with Crippen molar-refractivity contribution in [1.29, 1.82) is 0 Å². The minimum atomic E-state index is 0.748. The lowest BCUT2D eigenvalue weighted by Crippen LogP contribution is -1.91. The number of halogens is 1. The molecule has 4 heteroatoms. The van der Waals surface area contributed by atoms with Gasteiger partial charge in [0.05, 0.1) is 12.6 Å². The first kappa shape index (κ1) is 9.40. The molecule has 2 rings (SSSR count). The molecule has 1 aromatic heterocycles. The zero-order valence-electron chi connectivity index (χ0n) is 7.91. The molecule has 0 aliphatic carbocycles. The van der Waals surface area contributed by atoms with E-state index in [1.54, 1.807) is 7.11 Å². The molecule has 0 atom stereocenters. The molecule has 1 aromatic carbocycles. The van der Waals surface area contributed by atoms with E-state index in [0.717, 1.165) is 27.1 Å². The number of fused-ring (bicyclic) bond motifs is 1. The van der Waals surface area contributed by atoms with Gasteiger partial charge in [0.25, 0.3) is 0 Å². The highest BCUT2D eigenvalue weighted by Crippen LogP contribution is 2.24. The summed E-state index contributed by atoms with van der Waals surface area (Å²) in [5.74, 6) is 1.56. The average molecular weight is 253 g/mol. The van der Waals surface area contributed by atoms with E-state index < -0.39 is 0 Å². The van der Waals surface area contributed by atoms with Crippen LogP contribution >= 0.6 is 15.9 Å². The monoisotopic (exact) mass is 252 g/mol. The molecule has 0 spiro atoms. The van der Waals surface area contributed by atoms with Crippen LogP contribution in [0.2, 0.25) is 0 Å². The summed E-state index contributed by atoms with van der Waals surface area (Å²) in [7, 11) is 1.64. The number of benzene rings is 1. The summed E-state index contributed by atoms with van der Waals surface area (Å²) in [5.41, 5.74) is 0.892. The van der Waals surface area contributed by atoms with Crippen molar-refractivity contribution in [1.82, 2.24) is 9.97 Å². The van der Waals surface area contributed by atoms with Crippen LogP contribution in [0.3, 0.4) is 0 Å². The molecule has 0 saturated heterocycles. The third-order valence-corrected chi connectivity index (χ3v) is 2.57. The van der Waals surface area contributed by atoms with E-state index in [0.29, 0.717) is 0 Å². The van der Waals surface area contributed by atoms with E-state index in [4.69, 9.17) is 4.74 Å². The maximum atomic E-state index is 5.13. The molecule has 2 aromatic rings. The van der Waals surface area contributed by atoms with Crippen LogP contribution in [-0.4, -0.2) is 17.1 Å². The van der Waals surface area contributed by atoms with Crippen LogP contribution in [-0.2, 0) is 0 Å². The molecule has 0 radical (unpaired) electrons. The molecular weight excluding hydrogens is 244 g/mol. The van der Waals surface area contributed by atoms with Gasteiger partial charge in [0.1, 0.15) is 16.2 Å². The molecule has 1 heterocycles. The van der Waals surface area contributed by atoms with Gasteiger partial charge in [0.2, 0.25) is 0 Å². The maximum Gasteiger partial charge on any atom is 0.127 e. The van der Waals surface area contributed by atoms with Gasteiger partial charge in [0, 0.05) is 11.5 Å². The van der Waals surface area contributed by atoms with Gasteiger partial charge in [-0.2, -0.15) is 0 Å². The summed E-state index contributed by atoms with van der Waals surface area (Å²) >= 11 is 3.40. The summed E-state index contributed by atoms with van der Waals surface area (Å²) in [4.78, 5) is 8.55. The van der Waals surface area contributed by atoms with Gasteiger partial charge in [0.15, 0.2) is 0 Å². The van der Waals surface area contributed by atoms with Gasteiger partial charge < -0.3 is 4.74 Å². The summed E-state index contributed by atoms with van der Waals surface area (Å²) in [5, 5.41) is 0.997. The second kappa shape index (κ2) is 3.53. The van der Waals surface area contributed by atoms with Crippen molar-refractivity contribution in [3.63, 3.8) is 0 Å². The molecule has 0 aliphatic rings. The number of hydrogen-bond donors (Lipinski definition) is 0. The lowest BCUT2D eigenvalue weighted by atomic mass is 10.2. The summed E-state index contributed by atoms with van der Waals surface area (Å²) in [6.07, 6.45) is 0. The Morgan fingerprint density at radius 1 is 1.29 bits per heavy atom. The molecule has 0 fully saturated rings. The number of ether oxygens (including phenoxy) is 1. The fourth-order valence-corrected chi connectivity index (χ4v) is 1.90. The molecule has 3 nitrogen and oxygen atoms in total. The molecule has 0 unspecified atom stereocenters. The molecule has 0 aliphatic heterocycles. The van der Waals surface area contributed by atoms with Crippen LogP contribution in [0.25, 0.3) is 10.9 Å². The minimum absolute atomic E-state index is 0.748. The first-order valence-electron chi connectivity index (χ1n) is 4.18. The normalized spacial score (nSPS) is 10.5. The summed E-state index contributed by atoms with van der Waals surface area (Å²) < 4.78 is 5.95. The first-order chi connectivity index (χ1) is 6.70. The Morgan fingerprint density at radius 3 is 2.79 bits per heavy atom. The van der Waals surface area contributed by atoms with Gasteiger partial charge in [-0.3, -0.25) is 0 Å². The number of hydrogen-bond acceptors (Lipinski definition) is 3. The molecule has 14 heavy (non-hydrogen) atoms. The molecular formula is C10H9BrN2O. The number of methoxy groups -OCH3 is 1. The fraction of sp³-hybridized carbons (Fsp3) is 0.200. The maximum absolute atomic E-state index is 5.13. The van der Waals surface area contributed by atoms with Gasteiger partial charge >= 0.3 is 0 Å². The number of nitrogens with zero attached hydrogens (tertiary/aromatic N) is 2. The molecule has 0 saturated carbocycles. The zero-order chi connectivity index (χ0) is 10.1. The Bertz CT molecular complexity index is 485. The lowest BCUT2D eigenvalue weighted by molar-refractivity contribution is 0.415. The smallest absolute Gasteiger partial charge is 0.127 e. The Morgan fingerprint density at radius 2 is 2.07 bits per heavy atom. The highest BCUT2D eigenvalue weighted by atomic mass is 79.9. The van der Waals surface area contributed by atoms with Crippen LogP contribution < -0.4 is 4.74 Å². The van der Waals surface area contributed by atoms with E-state index in [-0.39, 0.29) is 0 Å². The average Bonchev–Trinajstić information content (AvgIpc) is 2.16. The van der Waals surface area contributed by atoms with E-state index in [2.05, 4.69) is 25.9 Å². The topological polar surface area (TPSA) is 35.0 Å². The largest absolute Gasteiger partial charge is 0.497 e. The summed E-state index contributed by atoms with van der Waals surface area (Å²) in [6.45, 7) is 1.86. The standard InChI is InChI=1S/C10H9BrN2O/c1-6-12-9-5-7(14-2)3-4-8(9)10(11)13-6/h3-5H,1-2H3. The van der Waals surface area contributed by atoms with Crippen LogP contribution in [0.4, 0.5) is 0 Å².